The first-order valence-electron chi connectivity index (χ1n) is 8.12. The molecule has 0 heterocycles. The number of rotatable bonds is 6. The highest BCUT2D eigenvalue weighted by molar-refractivity contribution is 5.95. The highest BCUT2D eigenvalue weighted by Crippen LogP contribution is 2.23. The number of urea groups is 1. The average molecular weight is 343 g/mol. The van der Waals surface area contributed by atoms with E-state index >= 15 is 0 Å². The molecule has 0 unspecified atom stereocenters. The molecule has 2 rings (SSSR count). The van der Waals surface area contributed by atoms with Crippen LogP contribution in [0.25, 0.3) is 0 Å². The van der Waals surface area contributed by atoms with E-state index in [9.17, 15) is 14.0 Å². The number of aryl methyl sites for hydroxylation is 1. The summed E-state index contributed by atoms with van der Waals surface area (Å²) in [5, 5.41) is 7.60. The highest BCUT2D eigenvalue weighted by Gasteiger charge is 2.16. The van der Waals surface area contributed by atoms with Crippen molar-refractivity contribution < 1.29 is 14.0 Å². The number of carbonyl (C=O) groups excluding carboxylic acids is 2. The van der Waals surface area contributed by atoms with E-state index in [-0.39, 0.29) is 18.4 Å². The van der Waals surface area contributed by atoms with E-state index < -0.39 is 11.9 Å². The fraction of sp³-hybridized carbons (Fsp3) is 0.263. The highest BCUT2D eigenvalue weighted by atomic mass is 19.1. The van der Waals surface area contributed by atoms with Crippen molar-refractivity contribution in [1.29, 1.82) is 0 Å². The maximum atomic E-state index is 13.6. The van der Waals surface area contributed by atoms with Crippen LogP contribution in [-0.4, -0.2) is 25.5 Å². The van der Waals surface area contributed by atoms with Crippen LogP contribution in [0.1, 0.15) is 29.7 Å². The summed E-state index contributed by atoms with van der Waals surface area (Å²) in [5.41, 5.74) is 2.81. The van der Waals surface area contributed by atoms with E-state index in [0.717, 1.165) is 12.0 Å². The Morgan fingerprint density at radius 2 is 1.80 bits per heavy atom. The topological polar surface area (TPSA) is 70.2 Å². The molecule has 0 aromatic heterocycles. The minimum absolute atomic E-state index is 0.0792. The fourth-order valence-electron chi connectivity index (χ4n) is 2.49. The van der Waals surface area contributed by atoms with Gasteiger partial charge in [0.25, 0.3) is 0 Å². The molecule has 0 bridgehead atoms. The molecule has 3 amide bonds. The van der Waals surface area contributed by atoms with Gasteiger partial charge in [-0.3, -0.25) is 15.4 Å². The predicted molar refractivity (Wildman–Crippen MR) is 94.7 cm³/mol. The van der Waals surface area contributed by atoms with Crippen molar-refractivity contribution >= 4 is 11.9 Å². The first-order valence-corrected chi connectivity index (χ1v) is 8.12. The Balaban J connectivity index is 2.20. The van der Waals surface area contributed by atoms with E-state index in [2.05, 4.69) is 22.9 Å². The molecule has 0 aliphatic rings. The molecule has 0 saturated heterocycles. The van der Waals surface area contributed by atoms with E-state index in [1.165, 1.54) is 24.7 Å². The molecule has 0 aliphatic heterocycles. The van der Waals surface area contributed by atoms with Crippen LogP contribution in [0, 0.1) is 5.82 Å². The minimum Gasteiger partial charge on any atom is -0.341 e. The molecule has 1 atom stereocenters. The van der Waals surface area contributed by atoms with Crippen molar-refractivity contribution in [2.75, 3.05) is 13.6 Å². The quantitative estimate of drug-likeness (QED) is 0.755. The SMILES string of the molecule is CCc1ccc([C@H](NCC(=O)NC(=O)NC)c2cccc(F)c2)cc1. The second kappa shape index (κ2) is 8.94. The Labute approximate surface area is 146 Å². The summed E-state index contributed by atoms with van der Waals surface area (Å²) in [6, 6.07) is 13.2. The van der Waals surface area contributed by atoms with Crippen molar-refractivity contribution in [3.05, 3.63) is 71.0 Å². The predicted octanol–water partition coefficient (Wildman–Crippen LogP) is 2.52. The first kappa shape index (κ1) is 18.6. The maximum absolute atomic E-state index is 13.6. The van der Waals surface area contributed by atoms with Crippen LogP contribution in [0.4, 0.5) is 9.18 Å². The minimum atomic E-state index is -0.568. The van der Waals surface area contributed by atoms with Crippen LogP contribution in [0.5, 0.6) is 0 Å². The maximum Gasteiger partial charge on any atom is 0.321 e. The van der Waals surface area contributed by atoms with E-state index in [1.807, 2.05) is 24.3 Å². The van der Waals surface area contributed by atoms with Crippen molar-refractivity contribution in [3.63, 3.8) is 0 Å². The van der Waals surface area contributed by atoms with E-state index in [4.69, 9.17) is 0 Å². The number of halogens is 1. The lowest BCUT2D eigenvalue weighted by Gasteiger charge is -2.20. The van der Waals surface area contributed by atoms with Crippen LogP contribution >= 0.6 is 0 Å². The summed E-state index contributed by atoms with van der Waals surface area (Å²) < 4.78 is 13.6. The van der Waals surface area contributed by atoms with E-state index in [1.54, 1.807) is 12.1 Å². The zero-order valence-electron chi connectivity index (χ0n) is 14.3. The molecular weight excluding hydrogens is 321 g/mol. The molecule has 132 valence electrons. The Hall–Kier alpha value is -2.73. The lowest BCUT2D eigenvalue weighted by molar-refractivity contribution is -0.119. The summed E-state index contributed by atoms with van der Waals surface area (Å²) in [7, 11) is 1.43. The summed E-state index contributed by atoms with van der Waals surface area (Å²) in [4.78, 5) is 23.0. The van der Waals surface area contributed by atoms with E-state index in [0.29, 0.717) is 5.56 Å². The second-order valence-corrected chi connectivity index (χ2v) is 5.59. The standard InChI is InChI=1S/C19H22FN3O2/c1-3-13-7-9-14(10-8-13)18(15-5-4-6-16(20)11-15)22-12-17(24)23-19(25)21-2/h4-11,18,22H,3,12H2,1-2H3,(H2,21,23,24,25)/t18-/m0/s1. The van der Waals surface area contributed by atoms with Gasteiger partial charge in [0, 0.05) is 7.05 Å². The Morgan fingerprint density at radius 3 is 2.40 bits per heavy atom. The van der Waals surface area contributed by atoms with Crippen LogP contribution in [0.3, 0.4) is 0 Å². The molecule has 5 nitrogen and oxygen atoms in total. The van der Waals surface area contributed by atoms with Gasteiger partial charge in [0.15, 0.2) is 0 Å². The second-order valence-electron chi connectivity index (χ2n) is 5.59. The molecule has 0 saturated carbocycles. The molecule has 2 aromatic carbocycles. The molecule has 3 N–H and O–H groups in total. The smallest absolute Gasteiger partial charge is 0.321 e. The van der Waals surface area contributed by atoms with Gasteiger partial charge in [-0.2, -0.15) is 0 Å². The third-order valence-corrected chi connectivity index (χ3v) is 3.85. The number of hydrogen-bond acceptors (Lipinski definition) is 3. The molecule has 0 radical (unpaired) electrons. The summed E-state index contributed by atoms with van der Waals surface area (Å²) in [5.74, 6) is -0.810. The van der Waals surface area contributed by atoms with Gasteiger partial charge in [0.05, 0.1) is 12.6 Å². The molecule has 6 heteroatoms. The Bertz CT molecular complexity index is 732. The lowest BCUT2D eigenvalue weighted by Crippen LogP contribution is -2.42. The zero-order valence-corrected chi connectivity index (χ0v) is 14.3. The number of nitrogens with one attached hydrogen (secondary N) is 3. The van der Waals surface area contributed by atoms with Gasteiger partial charge in [-0.05, 0) is 35.2 Å². The van der Waals surface area contributed by atoms with Crippen molar-refractivity contribution in [2.24, 2.45) is 0 Å². The molecule has 0 fully saturated rings. The first-order chi connectivity index (χ1) is 12.0. The normalized spacial score (nSPS) is 11.6. The molecule has 2 aromatic rings. The lowest BCUT2D eigenvalue weighted by atomic mass is 9.97. The largest absolute Gasteiger partial charge is 0.341 e. The van der Waals surface area contributed by atoms with Crippen LogP contribution < -0.4 is 16.0 Å². The van der Waals surface area contributed by atoms with Crippen molar-refractivity contribution in [3.8, 4) is 0 Å². The molecule has 0 spiro atoms. The van der Waals surface area contributed by atoms with Gasteiger partial charge in [-0.1, -0.05) is 43.3 Å². The van der Waals surface area contributed by atoms with Crippen LogP contribution in [0.2, 0.25) is 0 Å². The van der Waals surface area contributed by atoms with Gasteiger partial charge in [0.1, 0.15) is 5.82 Å². The molecule has 0 aliphatic carbocycles. The Kier molecular flexibility index (Phi) is 6.65. The number of carbonyl (C=O) groups is 2. The molecular formula is C19H22FN3O2. The van der Waals surface area contributed by atoms with Crippen LogP contribution in [0.15, 0.2) is 48.5 Å². The third kappa shape index (κ3) is 5.39. The number of imide groups is 1. The number of amides is 3. The molecule has 25 heavy (non-hydrogen) atoms. The van der Waals surface area contributed by atoms with Crippen LogP contribution in [-0.2, 0) is 11.2 Å². The Morgan fingerprint density at radius 1 is 1.08 bits per heavy atom. The fourth-order valence-corrected chi connectivity index (χ4v) is 2.49. The average Bonchev–Trinajstić information content (AvgIpc) is 2.62. The van der Waals surface area contributed by atoms with Gasteiger partial charge >= 0.3 is 6.03 Å². The van der Waals surface area contributed by atoms with Gasteiger partial charge in [-0.25, -0.2) is 9.18 Å². The number of benzene rings is 2. The third-order valence-electron chi connectivity index (χ3n) is 3.85. The van der Waals surface area contributed by atoms with Crippen molar-refractivity contribution in [1.82, 2.24) is 16.0 Å². The number of hydrogen-bond donors (Lipinski definition) is 3. The van der Waals surface area contributed by atoms with Gasteiger partial charge in [0.2, 0.25) is 5.91 Å². The van der Waals surface area contributed by atoms with Gasteiger partial charge in [-0.15, -0.1) is 0 Å². The van der Waals surface area contributed by atoms with Gasteiger partial charge < -0.3 is 5.32 Å². The summed E-state index contributed by atoms with van der Waals surface area (Å²) in [6.07, 6.45) is 0.923. The monoisotopic (exact) mass is 343 g/mol. The zero-order chi connectivity index (χ0) is 18.2. The van der Waals surface area contributed by atoms with Crippen molar-refractivity contribution in [2.45, 2.75) is 19.4 Å². The summed E-state index contributed by atoms with van der Waals surface area (Å²) in [6.45, 7) is 1.99. The summed E-state index contributed by atoms with van der Waals surface area (Å²) >= 11 is 0.